The van der Waals surface area contributed by atoms with Gasteiger partial charge in [-0.15, -0.1) is 0 Å². The molecule has 1 fully saturated rings. The summed E-state index contributed by atoms with van der Waals surface area (Å²) >= 11 is 0. The third-order valence-corrected chi connectivity index (χ3v) is 5.13. The van der Waals surface area contributed by atoms with Crippen LogP contribution in [-0.4, -0.2) is 54.2 Å². The number of nitrogens with zero attached hydrogens (tertiary/aromatic N) is 3. The second kappa shape index (κ2) is 8.40. The van der Waals surface area contributed by atoms with E-state index in [1.54, 1.807) is 17.9 Å². The lowest BCUT2D eigenvalue weighted by Crippen LogP contribution is -2.41. The molecule has 2 aromatic heterocycles. The maximum Gasteiger partial charge on any atom is 0.433 e. The number of amides is 1. The highest BCUT2D eigenvalue weighted by atomic mass is 19.4. The normalized spacial score (nSPS) is 15.8. The predicted molar refractivity (Wildman–Crippen MR) is 108 cm³/mol. The zero-order chi connectivity index (χ0) is 23.0. The lowest BCUT2D eigenvalue weighted by Gasteiger charge is -2.26. The van der Waals surface area contributed by atoms with Gasteiger partial charge in [0.1, 0.15) is 17.0 Å². The number of carbonyl (C=O) groups is 1. The molecule has 3 aromatic rings. The number of halogens is 3. The highest BCUT2D eigenvalue weighted by Crippen LogP contribution is 2.37. The molecule has 0 saturated carbocycles. The summed E-state index contributed by atoms with van der Waals surface area (Å²) in [6, 6.07) is 4.60. The summed E-state index contributed by atoms with van der Waals surface area (Å²) in [7, 11) is 1.34. The number of nitrogens with two attached hydrogens (primary N) is 1. The Morgan fingerprint density at radius 3 is 2.53 bits per heavy atom. The summed E-state index contributed by atoms with van der Waals surface area (Å²) in [4.78, 5) is 22.7. The molecule has 1 aliphatic heterocycles. The third-order valence-electron chi connectivity index (χ3n) is 5.13. The average molecular weight is 450 g/mol. The minimum Gasteiger partial charge on any atom is -0.494 e. The molecule has 4 rings (SSSR count). The summed E-state index contributed by atoms with van der Waals surface area (Å²) in [6.07, 6.45) is -4.61. The van der Waals surface area contributed by atoms with Crippen molar-refractivity contribution in [2.24, 2.45) is 5.73 Å². The van der Waals surface area contributed by atoms with Gasteiger partial charge in [-0.3, -0.25) is 4.79 Å². The van der Waals surface area contributed by atoms with Crippen LogP contribution < -0.4 is 10.5 Å². The minimum absolute atomic E-state index is 0.00132. The van der Waals surface area contributed by atoms with E-state index < -0.39 is 17.9 Å². The Morgan fingerprint density at radius 2 is 1.91 bits per heavy atom. The predicted octanol–water partition coefficient (Wildman–Crippen LogP) is 3.41. The van der Waals surface area contributed by atoms with Crippen molar-refractivity contribution in [3.05, 3.63) is 41.4 Å². The number of fused-ring (bicyclic) bond motifs is 1. The largest absolute Gasteiger partial charge is 0.494 e. The van der Waals surface area contributed by atoms with E-state index in [2.05, 4.69) is 9.97 Å². The van der Waals surface area contributed by atoms with Crippen LogP contribution in [0.3, 0.4) is 0 Å². The van der Waals surface area contributed by atoms with Crippen molar-refractivity contribution >= 4 is 16.8 Å². The highest BCUT2D eigenvalue weighted by Gasteiger charge is 2.33. The number of hydrogen-bond acceptors (Lipinski definition) is 7. The first-order valence-electron chi connectivity index (χ1n) is 9.89. The Morgan fingerprint density at radius 1 is 1.19 bits per heavy atom. The third kappa shape index (κ3) is 4.00. The number of rotatable bonds is 4. The van der Waals surface area contributed by atoms with Gasteiger partial charge in [-0.25, -0.2) is 9.97 Å². The zero-order valence-electron chi connectivity index (χ0n) is 17.4. The van der Waals surface area contributed by atoms with Gasteiger partial charge in [0.2, 0.25) is 5.89 Å². The number of alkyl halides is 3. The van der Waals surface area contributed by atoms with Crippen LogP contribution in [0.25, 0.3) is 22.4 Å². The first-order valence-corrected chi connectivity index (χ1v) is 9.89. The second-order valence-electron chi connectivity index (χ2n) is 7.33. The van der Waals surface area contributed by atoms with E-state index in [9.17, 15) is 18.0 Å². The molecule has 1 atom stereocenters. The van der Waals surface area contributed by atoms with Gasteiger partial charge in [0, 0.05) is 24.0 Å². The van der Waals surface area contributed by atoms with Crippen LogP contribution in [-0.2, 0) is 10.9 Å². The molecule has 170 valence electrons. The number of aromatic nitrogens is 2. The fourth-order valence-electron chi connectivity index (χ4n) is 3.53. The van der Waals surface area contributed by atoms with Crippen LogP contribution in [0.2, 0.25) is 0 Å². The molecule has 0 unspecified atom stereocenters. The van der Waals surface area contributed by atoms with E-state index in [0.29, 0.717) is 37.3 Å². The number of benzene rings is 1. The van der Waals surface area contributed by atoms with Crippen LogP contribution in [0.15, 0.2) is 28.7 Å². The van der Waals surface area contributed by atoms with Crippen molar-refractivity contribution in [2.45, 2.75) is 19.1 Å². The van der Waals surface area contributed by atoms with Gasteiger partial charge in [0.05, 0.1) is 26.4 Å². The molecule has 0 radical (unpaired) electrons. The molecule has 0 aliphatic carbocycles. The summed E-state index contributed by atoms with van der Waals surface area (Å²) in [6.45, 7) is 3.31. The molecule has 1 saturated heterocycles. The summed E-state index contributed by atoms with van der Waals surface area (Å²) < 4.78 is 55.9. The number of methoxy groups -OCH3 is 1. The molecule has 1 aliphatic rings. The van der Waals surface area contributed by atoms with Crippen molar-refractivity contribution in [3.8, 4) is 17.2 Å². The number of oxazole rings is 1. The molecule has 0 bridgehead atoms. The number of ether oxygens (including phenoxy) is 2. The highest BCUT2D eigenvalue weighted by molar-refractivity contribution is 5.98. The maximum absolute atomic E-state index is 13.2. The van der Waals surface area contributed by atoms with E-state index in [1.165, 1.54) is 19.2 Å². The summed E-state index contributed by atoms with van der Waals surface area (Å²) in [5, 5.41) is 0.334. The zero-order valence-corrected chi connectivity index (χ0v) is 17.4. The van der Waals surface area contributed by atoms with E-state index in [1.807, 2.05) is 0 Å². The van der Waals surface area contributed by atoms with E-state index in [0.717, 1.165) is 6.07 Å². The Kier molecular flexibility index (Phi) is 5.78. The molecule has 3 heterocycles. The number of pyridine rings is 1. The monoisotopic (exact) mass is 450 g/mol. The van der Waals surface area contributed by atoms with Gasteiger partial charge in [0.25, 0.3) is 5.91 Å². The van der Waals surface area contributed by atoms with Crippen molar-refractivity contribution in [1.29, 1.82) is 0 Å². The molecular weight excluding hydrogens is 429 g/mol. The van der Waals surface area contributed by atoms with Gasteiger partial charge in [-0.05, 0) is 31.2 Å². The molecule has 11 heteroatoms. The van der Waals surface area contributed by atoms with Crippen molar-refractivity contribution in [3.63, 3.8) is 0 Å². The van der Waals surface area contributed by atoms with Gasteiger partial charge < -0.3 is 24.5 Å². The molecule has 1 aromatic carbocycles. The quantitative estimate of drug-likeness (QED) is 0.650. The van der Waals surface area contributed by atoms with Gasteiger partial charge in [-0.2, -0.15) is 13.2 Å². The Bertz CT molecular complexity index is 1150. The van der Waals surface area contributed by atoms with Crippen molar-refractivity contribution < 1.29 is 31.9 Å². The first-order chi connectivity index (χ1) is 15.2. The van der Waals surface area contributed by atoms with Crippen molar-refractivity contribution in [1.82, 2.24) is 14.9 Å². The van der Waals surface area contributed by atoms with Crippen LogP contribution in [0.5, 0.6) is 5.75 Å². The summed E-state index contributed by atoms with van der Waals surface area (Å²) in [5.41, 5.74) is 5.40. The number of morpholine rings is 1. The van der Waals surface area contributed by atoms with E-state index in [4.69, 9.17) is 19.6 Å². The van der Waals surface area contributed by atoms with Gasteiger partial charge >= 0.3 is 6.18 Å². The minimum atomic E-state index is -4.61. The van der Waals surface area contributed by atoms with E-state index in [-0.39, 0.29) is 34.5 Å². The standard InChI is InChI=1S/C21H21F3N4O4/c1-11(25)18-17(20(29)28-7-9-31-10-8-28)27-19(32-18)13-3-5-14(30-2)16-12(13)4-6-15(26-16)21(22,23)24/h3-6,11H,7-10,25H2,1-2H3/t11-/m0/s1. The SMILES string of the molecule is COc1ccc(-c2nc(C(=O)N3CCOCC3)c([C@H](C)N)o2)c2ccc(C(F)(F)F)nc12. The molecule has 2 N–H and O–H groups in total. The van der Waals surface area contributed by atoms with E-state index >= 15 is 0 Å². The van der Waals surface area contributed by atoms with Gasteiger partial charge in [-0.1, -0.05) is 0 Å². The lowest BCUT2D eigenvalue weighted by molar-refractivity contribution is -0.140. The molecule has 32 heavy (non-hydrogen) atoms. The van der Waals surface area contributed by atoms with Crippen molar-refractivity contribution in [2.75, 3.05) is 33.4 Å². The molecule has 1 amide bonds. The van der Waals surface area contributed by atoms with Crippen LogP contribution in [0.4, 0.5) is 13.2 Å². The van der Waals surface area contributed by atoms with Crippen LogP contribution in [0.1, 0.15) is 34.9 Å². The Hall–Kier alpha value is -3.18. The van der Waals surface area contributed by atoms with Gasteiger partial charge in [0.15, 0.2) is 11.5 Å². The van der Waals surface area contributed by atoms with Crippen LogP contribution >= 0.6 is 0 Å². The molecule has 0 spiro atoms. The first kappa shape index (κ1) is 22.0. The fraction of sp³-hybridized carbons (Fsp3) is 0.381. The topological polar surface area (TPSA) is 104 Å². The lowest BCUT2D eigenvalue weighted by atomic mass is 10.1. The Labute approximate surface area is 181 Å². The molecule has 8 nitrogen and oxygen atoms in total. The second-order valence-corrected chi connectivity index (χ2v) is 7.33. The Balaban J connectivity index is 1.84. The smallest absolute Gasteiger partial charge is 0.433 e. The molecular formula is C21H21F3N4O4. The fourth-order valence-corrected chi connectivity index (χ4v) is 3.53. The summed E-state index contributed by atoms with van der Waals surface area (Å²) in [5.74, 6) is 0.0767. The maximum atomic E-state index is 13.2. The average Bonchev–Trinajstić information content (AvgIpc) is 3.23. The number of hydrogen-bond donors (Lipinski definition) is 1. The van der Waals surface area contributed by atoms with Crippen LogP contribution in [0, 0.1) is 0 Å². The number of carbonyl (C=O) groups excluding carboxylic acids is 1.